The minimum absolute atomic E-state index is 0.0279. The molecule has 3 N–H and O–H groups in total. The Bertz CT molecular complexity index is 1340. The summed E-state index contributed by atoms with van der Waals surface area (Å²) in [5, 5.41) is 24.1. The monoisotopic (exact) mass is 525 g/mol. The third-order valence-electron chi connectivity index (χ3n) is 5.38. The molecule has 8 nitrogen and oxygen atoms in total. The lowest BCUT2D eigenvalue weighted by Gasteiger charge is -2.31. The van der Waals surface area contributed by atoms with Crippen LogP contribution in [0.3, 0.4) is 0 Å². The van der Waals surface area contributed by atoms with Gasteiger partial charge >= 0.3 is 12.0 Å². The molecule has 10 heteroatoms. The van der Waals surface area contributed by atoms with E-state index in [0.717, 1.165) is 6.07 Å². The van der Waals surface area contributed by atoms with Crippen LogP contribution in [0.25, 0.3) is 5.69 Å². The number of nitrogens with one attached hydrogen (secondary N) is 2. The maximum atomic E-state index is 14.4. The second kappa shape index (κ2) is 11.8. The molecule has 0 spiro atoms. The number of halogens is 2. The van der Waals surface area contributed by atoms with Gasteiger partial charge in [0.2, 0.25) is 0 Å². The Morgan fingerprint density at radius 2 is 1.73 bits per heavy atom. The highest BCUT2D eigenvalue weighted by Gasteiger charge is 2.22. The van der Waals surface area contributed by atoms with Gasteiger partial charge in [-0.3, -0.25) is 0 Å². The van der Waals surface area contributed by atoms with E-state index >= 15 is 0 Å². The number of benzene rings is 2. The summed E-state index contributed by atoms with van der Waals surface area (Å²) in [4.78, 5) is 26.8. The van der Waals surface area contributed by atoms with Gasteiger partial charge in [0.05, 0.1) is 33.7 Å². The standard InChI is InChI=1S/C27H29ClFN5O3/c1-16(2)14-33(15-17(3)4)25-20(28)11-19(34-9-5-6-24(34)26(35)36)12-23(25)32-27(37)31-22-8-7-18(13-30)10-21(22)29/h5-12,16-17H,14-15H2,1-4H3,(H,35,36)(H2,31,32,37). The summed E-state index contributed by atoms with van der Waals surface area (Å²) in [7, 11) is 0. The second-order valence-electron chi connectivity index (χ2n) is 9.47. The van der Waals surface area contributed by atoms with Crippen LogP contribution in [0.4, 0.5) is 26.2 Å². The van der Waals surface area contributed by atoms with Crippen LogP contribution in [-0.4, -0.2) is 34.8 Å². The fourth-order valence-electron chi connectivity index (χ4n) is 4.02. The normalized spacial score (nSPS) is 10.9. The molecule has 1 heterocycles. The summed E-state index contributed by atoms with van der Waals surface area (Å²) < 4.78 is 15.8. The van der Waals surface area contributed by atoms with Crippen molar-refractivity contribution in [3.05, 3.63) is 70.8 Å². The number of urea groups is 1. The number of anilines is 3. The summed E-state index contributed by atoms with van der Waals surface area (Å²) in [5.41, 5.74) is 1.40. The molecule has 3 rings (SSSR count). The number of amides is 2. The van der Waals surface area contributed by atoms with Crippen molar-refractivity contribution >= 4 is 40.7 Å². The van der Waals surface area contributed by atoms with Gasteiger partial charge in [-0.25, -0.2) is 14.0 Å². The van der Waals surface area contributed by atoms with Crippen LogP contribution in [0.2, 0.25) is 5.02 Å². The molecule has 0 atom stereocenters. The average Bonchev–Trinajstić information content (AvgIpc) is 3.29. The number of nitrogens with zero attached hydrogens (tertiary/aromatic N) is 3. The molecule has 0 saturated carbocycles. The molecule has 0 aliphatic heterocycles. The number of carbonyl (C=O) groups is 2. The zero-order chi connectivity index (χ0) is 27.3. The molecule has 0 fully saturated rings. The lowest BCUT2D eigenvalue weighted by molar-refractivity contribution is 0.0688. The molecular weight excluding hydrogens is 497 g/mol. The molecule has 2 aromatic carbocycles. The number of aromatic nitrogens is 1. The largest absolute Gasteiger partial charge is 0.477 e. The molecule has 0 saturated heterocycles. The first kappa shape index (κ1) is 27.6. The molecule has 0 aliphatic rings. The van der Waals surface area contributed by atoms with Crippen molar-refractivity contribution in [1.29, 1.82) is 5.26 Å². The van der Waals surface area contributed by atoms with E-state index in [-0.39, 0.29) is 28.8 Å². The maximum Gasteiger partial charge on any atom is 0.352 e. The van der Waals surface area contributed by atoms with Crippen LogP contribution in [-0.2, 0) is 0 Å². The van der Waals surface area contributed by atoms with E-state index in [0.29, 0.717) is 35.2 Å². The number of carboxylic acid groups (broad SMARTS) is 1. The molecule has 1 aromatic heterocycles. The first-order chi connectivity index (χ1) is 17.5. The summed E-state index contributed by atoms with van der Waals surface area (Å²) in [6.07, 6.45) is 1.59. The summed E-state index contributed by atoms with van der Waals surface area (Å²) >= 11 is 6.78. The Kier molecular flexibility index (Phi) is 8.79. The average molecular weight is 526 g/mol. The fourth-order valence-corrected chi connectivity index (χ4v) is 4.35. The van der Waals surface area contributed by atoms with E-state index in [1.807, 2.05) is 6.07 Å². The van der Waals surface area contributed by atoms with Gasteiger partial charge in [0, 0.05) is 25.0 Å². The van der Waals surface area contributed by atoms with Crippen molar-refractivity contribution in [2.45, 2.75) is 27.7 Å². The summed E-state index contributed by atoms with van der Waals surface area (Å²) in [5.74, 6) is -1.30. The number of hydrogen-bond donors (Lipinski definition) is 3. The van der Waals surface area contributed by atoms with Gasteiger partial charge in [0.25, 0.3) is 0 Å². The molecule has 0 radical (unpaired) electrons. The predicted octanol–water partition coefficient (Wildman–Crippen LogP) is 6.60. The van der Waals surface area contributed by atoms with E-state index in [2.05, 4.69) is 43.2 Å². The predicted molar refractivity (Wildman–Crippen MR) is 143 cm³/mol. The van der Waals surface area contributed by atoms with E-state index in [4.69, 9.17) is 16.9 Å². The highest BCUT2D eigenvalue weighted by molar-refractivity contribution is 6.34. The zero-order valence-electron chi connectivity index (χ0n) is 21.0. The first-order valence-electron chi connectivity index (χ1n) is 11.8. The van der Waals surface area contributed by atoms with Crippen LogP contribution < -0.4 is 15.5 Å². The van der Waals surface area contributed by atoms with Crippen LogP contribution in [0.15, 0.2) is 48.7 Å². The number of nitriles is 1. The summed E-state index contributed by atoms with van der Waals surface area (Å²) in [6, 6.07) is 11.2. The highest BCUT2D eigenvalue weighted by atomic mass is 35.5. The Balaban J connectivity index is 2.08. The van der Waals surface area contributed by atoms with Gasteiger partial charge < -0.3 is 25.2 Å². The third-order valence-corrected chi connectivity index (χ3v) is 5.66. The molecule has 194 valence electrons. The Hall–Kier alpha value is -4.03. The first-order valence-corrected chi connectivity index (χ1v) is 12.1. The van der Waals surface area contributed by atoms with Crippen molar-refractivity contribution in [1.82, 2.24) is 4.57 Å². The van der Waals surface area contributed by atoms with E-state index in [1.54, 1.807) is 24.4 Å². The fraction of sp³-hybridized carbons (Fsp3) is 0.296. The van der Waals surface area contributed by atoms with Gasteiger partial charge in [-0.2, -0.15) is 5.26 Å². The van der Waals surface area contributed by atoms with Gasteiger partial charge in [-0.05, 0) is 54.3 Å². The molecule has 2 amide bonds. The van der Waals surface area contributed by atoms with Crippen LogP contribution in [0.5, 0.6) is 0 Å². The van der Waals surface area contributed by atoms with Gasteiger partial charge in [0.15, 0.2) is 0 Å². The SMILES string of the molecule is CC(C)CN(CC(C)C)c1c(Cl)cc(-n2cccc2C(=O)O)cc1NC(=O)Nc1ccc(C#N)cc1F. The van der Waals surface area contributed by atoms with Crippen molar-refractivity contribution in [3.8, 4) is 11.8 Å². The van der Waals surface area contributed by atoms with Gasteiger partial charge in [-0.15, -0.1) is 0 Å². The van der Waals surface area contributed by atoms with Crippen molar-refractivity contribution in [2.75, 3.05) is 28.6 Å². The molecule has 0 unspecified atom stereocenters. The molecule has 37 heavy (non-hydrogen) atoms. The lowest BCUT2D eigenvalue weighted by atomic mass is 10.1. The number of carboxylic acids is 1. The minimum atomic E-state index is -1.12. The van der Waals surface area contributed by atoms with E-state index in [9.17, 15) is 19.1 Å². The maximum absolute atomic E-state index is 14.4. The topological polar surface area (TPSA) is 110 Å². The Morgan fingerprint density at radius 3 is 2.30 bits per heavy atom. The summed E-state index contributed by atoms with van der Waals surface area (Å²) in [6.45, 7) is 9.59. The van der Waals surface area contributed by atoms with Crippen LogP contribution >= 0.6 is 11.6 Å². The van der Waals surface area contributed by atoms with Crippen molar-refractivity contribution in [2.24, 2.45) is 11.8 Å². The second-order valence-corrected chi connectivity index (χ2v) is 9.88. The van der Waals surface area contributed by atoms with Crippen molar-refractivity contribution < 1.29 is 19.1 Å². The quantitative estimate of drug-likeness (QED) is 0.291. The minimum Gasteiger partial charge on any atom is -0.477 e. The smallest absolute Gasteiger partial charge is 0.352 e. The highest BCUT2D eigenvalue weighted by Crippen LogP contribution is 2.38. The van der Waals surface area contributed by atoms with Gasteiger partial charge in [0.1, 0.15) is 11.5 Å². The number of hydrogen-bond acceptors (Lipinski definition) is 4. The molecule has 0 aliphatic carbocycles. The lowest BCUT2D eigenvalue weighted by Crippen LogP contribution is -2.33. The Labute approximate surface area is 220 Å². The zero-order valence-corrected chi connectivity index (χ0v) is 21.8. The number of aromatic carboxylic acids is 1. The Morgan fingerprint density at radius 1 is 1.08 bits per heavy atom. The third kappa shape index (κ3) is 6.80. The number of carbonyl (C=O) groups excluding carboxylic acids is 1. The van der Waals surface area contributed by atoms with Crippen molar-refractivity contribution in [3.63, 3.8) is 0 Å². The van der Waals surface area contributed by atoms with Crippen LogP contribution in [0, 0.1) is 29.0 Å². The molecule has 3 aromatic rings. The molecular formula is C27H29ClFN5O3. The number of rotatable bonds is 9. The molecule has 0 bridgehead atoms. The van der Waals surface area contributed by atoms with Crippen LogP contribution in [0.1, 0.15) is 43.7 Å². The van der Waals surface area contributed by atoms with Gasteiger partial charge in [-0.1, -0.05) is 39.3 Å². The van der Waals surface area contributed by atoms with E-state index in [1.165, 1.54) is 22.8 Å². The van der Waals surface area contributed by atoms with E-state index < -0.39 is 17.8 Å².